The number of benzene rings is 1. The second-order valence-electron chi connectivity index (χ2n) is 5.97. The Bertz CT molecular complexity index is 601. The first-order valence-electron chi connectivity index (χ1n) is 6.60. The summed E-state index contributed by atoms with van der Waals surface area (Å²) >= 11 is 1.37. The van der Waals surface area contributed by atoms with Crippen molar-refractivity contribution in [2.24, 2.45) is 0 Å². The topological polar surface area (TPSA) is 37.8 Å². The number of aromatic nitrogens is 2. The van der Waals surface area contributed by atoms with E-state index < -0.39 is 0 Å². The van der Waals surface area contributed by atoms with E-state index in [0.717, 1.165) is 16.1 Å². The summed E-state index contributed by atoms with van der Waals surface area (Å²) in [6.07, 6.45) is 0. The maximum absolute atomic E-state index is 13.8. The first kappa shape index (κ1) is 15.1. The van der Waals surface area contributed by atoms with Gasteiger partial charge in [-0.2, -0.15) is 0 Å². The fourth-order valence-electron chi connectivity index (χ4n) is 2.14. The maximum Gasteiger partial charge on any atom is 0.126 e. The Kier molecular flexibility index (Phi) is 4.20. The van der Waals surface area contributed by atoms with Crippen LogP contribution in [0.1, 0.15) is 48.5 Å². The molecule has 1 N–H and O–H groups in total. The van der Waals surface area contributed by atoms with E-state index in [1.807, 2.05) is 13.1 Å². The van der Waals surface area contributed by atoms with Crippen molar-refractivity contribution in [3.05, 3.63) is 45.7 Å². The predicted molar refractivity (Wildman–Crippen MR) is 80.6 cm³/mol. The van der Waals surface area contributed by atoms with Gasteiger partial charge in [-0.05, 0) is 42.7 Å². The van der Waals surface area contributed by atoms with Crippen molar-refractivity contribution >= 4 is 11.5 Å². The van der Waals surface area contributed by atoms with Gasteiger partial charge in [0.25, 0.3) is 0 Å². The lowest BCUT2D eigenvalue weighted by Crippen LogP contribution is -2.22. The molecule has 20 heavy (non-hydrogen) atoms. The Morgan fingerprint density at radius 3 is 2.55 bits per heavy atom. The van der Waals surface area contributed by atoms with E-state index in [1.54, 1.807) is 19.1 Å². The van der Waals surface area contributed by atoms with Gasteiger partial charge in [0.2, 0.25) is 0 Å². The molecule has 1 atom stereocenters. The Hall–Kier alpha value is -1.33. The van der Waals surface area contributed by atoms with Crippen molar-refractivity contribution in [3.8, 4) is 0 Å². The van der Waals surface area contributed by atoms with Crippen molar-refractivity contribution in [2.45, 2.75) is 39.2 Å². The Balaban J connectivity index is 2.48. The molecule has 1 unspecified atom stereocenters. The average Bonchev–Trinajstić information content (AvgIpc) is 2.83. The third-order valence-electron chi connectivity index (χ3n) is 3.30. The van der Waals surface area contributed by atoms with E-state index in [-0.39, 0.29) is 17.3 Å². The molecule has 0 saturated heterocycles. The van der Waals surface area contributed by atoms with Crippen LogP contribution >= 0.6 is 11.5 Å². The molecule has 0 aliphatic rings. The summed E-state index contributed by atoms with van der Waals surface area (Å²) in [5.41, 5.74) is 2.43. The summed E-state index contributed by atoms with van der Waals surface area (Å²) in [7, 11) is 1.87. The fraction of sp³-hybridized carbons (Fsp3) is 0.467. The molecule has 0 spiro atoms. The van der Waals surface area contributed by atoms with Gasteiger partial charge in [-0.15, -0.1) is 5.10 Å². The molecule has 0 amide bonds. The molecule has 1 aromatic carbocycles. The van der Waals surface area contributed by atoms with Crippen molar-refractivity contribution in [2.75, 3.05) is 7.05 Å². The van der Waals surface area contributed by atoms with Crippen LogP contribution in [-0.2, 0) is 5.41 Å². The number of rotatable bonds is 3. The molecule has 1 aromatic heterocycles. The molecule has 0 aliphatic carbocycles. The second-order valence-corrected chi connectivity index (χ2v) is 6.75. The first-order valence-corrected chi connectivity index (χ1v) is 7.38. The van der Waals surface area contributed by atoms with Crippen LogP contribution in [0.15, 0.2) is 18.2 Å². The monoisotopic (exact) mass is 293 g/mol. The van der Waals surface area contributed by atoms with E-state index in [0.29, 0.717) is 5.56 Å². The van der Waals surface area contributed by atoms with Crippen LogP contribution in [0.3, 0.4) is 0 Å². The Labute approximate surface area is 123 Å². The van der Waals surface area contributed by atoms with Gasteiger partial charge in [0, 0.05) is 5.41 Å². The smallest absolute Gasteiger partial charge is 0.126 e. The number of nitrogens with one attached hydrogen (secondary N) is 1. The minimum absolute atomic E-state index is 0.0827. The number of nitrogens with zero attached hydrogens (tertiary/aromatic N) is 2. The van der Waals surface area contributed by atoms with E-state index in [4.69, 9.17) is 0 Å². The highest BCUT2D eigenvalue weighted by Gasteiger charge is 2.27. The summed E-state index contributed by atoms with van der Waals surface area (Å²) in [5, 5.41) is 7.50. The van der Waals surface area contributed by atoms with E-state index in [9.17, 15) is 4.39 Å². The van der Waals surface area contributed by atoms with Crippen molar-refractivity contribution < 1.29 is 4.39 Å². The molecule has 0 saturated carbocycles. The molecule has 0 fully saturated rings. The highest BCUT2D eigenvalue weighted by molar-refractivity contribution is 7.05. The van der Waals surface area contributed by atoms with Crippen LogP contribution in [0, 0.1) is 12.7 Å². The third-order valence-corrected chi connectivity index (χ3v) is 4.09. The molecule has 1 heterocycles. The van der Waals surface area contributed by atoms with Gasteiger partial charge in [-0.1, -0.05) is 37.4 Å². The lowest BCUT2D eigenvalue weighted by molar-refractivity contribution is 0.548. The van der Waals surface area contributed by atoms with Gasteiger partial charge in [0.15, 0.2) is 0 Å². The molecular weight excluding hydrogens is 273 g/mol. The van der Waals surface area contributed by atoms with E-state index in [2.05, 4.69) is 35.7 Å². The van der Waals surface area contributed by atoms with Gasteiger partial charge in [-0.25, -0.2) is 4.39 Å². The maximum atomic E-state index is 13.8. The van der Waals surface area contributed by atoms with E-state index in [1.165, 1.54) is 11.5 Å². The molecule has 0 bridgehead atoms. The molecular formula is C15H20FN3S. The number of halogens is 1. The van der Waals surface area contributed by atoms with Gasteiger partial charge in [-0.3, -0.25) is 0 Å². The highest BCUT2D eigenvalue weighted by atomic mass is 32.1. The van der Waals surface area contributed by atoms with Crippen LogP contribution < -0.4 is 5.32 Å². The number of hydrogen-bond donors (Lipinski definition) is 1. The van der Waals surface area contributed by atoms with Gasteiger partial charge >= 0.3 is 0 Å². The third kappa shape index (κ3) is 2.88. The first-order chi connectivity index (χ1) is 9.34. The minimum Gasteiger partial charge on any atom is -0.309 e. The normalized spacial score (nSPS) is 13.5. The van der Waals surface area contributed by atoms with Crippen molar-refractivity contribution in [3.63, 3.8) is 0 Å². The van der Waals surface area contributed by atoms with Gasteiger partial charge < -0.3 is 5.32 Å². The molecule has 0 aliphatic heterocycles. The second kappa shape index (κ2) is 5.58. The van der Waals surface area contributed by atoms with Crippen LogP contribution in [0.2, 0.25) is 0 Å². The molecule has 108 valence electrons. The zero-order valence-electron chi connectivity index (χ0n) is 12.5. The number of aryl methyl sites for hydroxylation is 1. The zero-order valence-corrected chi connectivity index (χ0v) is 13.3. The molecule has 2 aromatic rings. The lowest BCUT2D eigenvalue weighted by atomic mass is 9.88. The Morgan fingerprint density at radius 2 is 2.00 bits per heavy atom. The SMILES string of the molecule is CNC(c1ccc(C)c(F)c1)c1snnc1C(C)(C)C. The highest BCUT2D eigenvalue weighted by Crippen LogP contribution is 2.33. The fourth-order valence-corrected chi connectivity index (χ4v) is 3.15. The quantitative estimate of drug-likeness (QED) is 0.939. The Morgan fingerprint density at radius 1 is 1.30 bits per heavy atom. The summed E-state index contributed by atoms with van der Waals surface area (Å²) < 4.78 is 17.9. The predicted octanol–water partition coefficient (Wildman–Crippen LogP) is 3.59. The largest absolute Gasteiger partial charge is 0.309 e. The van der Waals surface area contributed by atoms with E-state index >= 15 is 0 Å². The van der Waals surface area contributed by atoms with Crippen molar-refractivity contribution in [1.29, 1.82) is 0 Å². The molecule has 3 nitrogen and oxygen atoms in total. The summed E-state index contributed by atoms with van der Waals surface area (Å²) in [5.74, 6) is -0.183. The molecule has 2 rings (SSSR count). The lowest BCUT2D eigenvalue weighted by Gasteiger charge is -2.22. The summed E-state index contributed by atoms with van der Waals surface area (Å²) in [6.45, 7) is 8.09. The standard InChI is InChI=1S/C15H20FN3S/c1-9-6-7-10(8-11(9)16)12(17-5)13-14(15(2,3)4)18-19-20-13/h6-8,12,17H,1-5H3. The molecule has 0 radical (unpaired) electrons. The average molecular weight is 293 g/mol. The van der Waals surface area contributed by atoms with Crippen LogP contribution in [0.4, 0.5) is 4.39 Å². The van der Waals surface area contributed by atoms with Gasteiger partial charge in [0.1, 0.15) is 5.82 Å². The zero-order chi connectivity index (χ0) is 14.9. The minimum atomic E-state index is -0.183. The van der Waals surface area contributed by atoms with Crippen LogP contribution in [0.25, 0.3) is 0 Å². The van der Waals surface area contributed by atoms with Gasteiger partial charge in [0.05, 0.1) is 16.6 Å². The van der Waals surface area contributed by atoms with Crippen LogP contribution in [-0.4, -0.2) is 16.6 Å². The summed E-state index contributed by atoms with van der Waals surface area (Å²) in [4.78, 5) is 1.04. The van der Waals surface area contributed by atoms with Crippen LogP contribution in [0.5, 0.6) is 0 Å². The van der Waals surface area contributed by atoms with Crippen molar-refractivity contribution in [1.82, 2.24) is 14.9 Å². The number of hydrogen-bond acceptors (Lipinski definition) is 4. The molecule has 5 heteroatoms. The summed E-state index contributed by atoms with van der Waals surface area (Å²) in [6, 6.07) is 5.26.